The minimum absolute atomic E-state index is 0.0911. The summed E-state index contributed by atoms with van der Waals surface area (Å²) in [6, 6.07) is 6.79. The molecule has 0 heterocycles. The topological polar surface area (TPSA) is 52.6 Å². The molecule has 0 radical (unpaired) electrons. The Morgan fingerprint density at radius 2 is 2.24 bits per heavy atom. The second-order valence-electron chi connectivity index (χ2n) is 3.86. The van der Waals surface area contributed by atoms with Crippen molar-refractivity contribution in [1.29, 1.82) is 0 Å². The van der Waals surface area contributed by atoms with Crippen LogP contribution in [0.1, 0.15) is 19.8 Å². The first-order valence-electron chi connectivity index (χ1n) is 5.93. The molecular formula is C13H20N2O2. The fourth-order valence-corrected chi connectivity index (χ4v) is 1.72. The van der Waals surface area contributed by atoms with Crippen LogP contribution in [-0.4, -0.2) is 31.2 Å². The molecule has 1 rings (SSSR count). The van der Waals surface area contributed by atoms with Gasteiger partial charge in [0, 0.05) is 24.7 Å². The summed E-state index contributed by atoms with van der Waals surface area (Å²) in [6.07, 6.45) is 1.34. The van der Waals surface area contributed by atoms with E-state index in [0.29, 0.717) is 13.0 Å². The first-order valence-corrected chi connectivity index (χ1v) is 5.93. The third-order valence-corrected chi connectivity index (χ3v) is 2.58. The number of hydrogen-bond donors (Lipinski definition) is 2. The fourth-order valence-electron chi connectivity index (χ4n) is 1.72. The van der Waals surface area contributed by atoms with Crippen molar-refractivity contribution in [3.63, 3.8) is 0 Å². The maximum atomic E-state index is 12.0. The Labute approximate surface area is 102 Å². The fraction of sp³-hybridized carbons (Fsp3) is 0.462. The standard InChI is InChI=1S/C13H20N2O2/c1-3-15(13(17)8-5-9-14-2)11-6-4-7-12(16)10-11/h4,6-7,10,14,16H,3,5,8-9H2,1-2H3. The molecule has 0 fully saturated rings. The number of benzene rings is 1. The minimum atomic E-state index is 0.0911. The highest BCUT2D eigenvalue weighted by Gasteiger charge is 2.13. The van der Waals surface area contributed by atoms with E-state index in [2.05, 4.69) is 5.32 Å². The summed E-state index contributed by atoms with van der Waals surface area (Å²) in [7, 11) is 1.87. The number of nitrogens with one attached hydrogen (secondary N) is 1. The average molecular weight is 236 g/mol. The number of aromatic hydroxyl groups is 1. The summed E-state index contributed by atoms with van der Waals surface area (Å²) in [6.45, 7) is 3.38. The van der Waals surface area contributed by atoms with E-state index in [1.54, 1.807) is 23.1 Å². The lowest BCUT2D eigenvalue weighted by molar-refractivity contribution is -0.118. The van der Waals surface area contributed by atoms with E-state index in [1.807, 2.05) is 20.0 Å². The zero-order valence-corrected chi connectivity index (χ0v) is 10.4. The van der Waals surface area contributed by atoms with Crippen LogP contribution in [0.5, 0.6) is 5.75 Å². The highest BCUT2D eigenvalue weighted by molar-refractivity contribution is 5.93. The van der Waals surface area contributed by atoms with Crippen LogP contribution in [0.15, 0.2) is 24.3 Å². The molecule has 1 aromatic rings. The van der Waals surface area contributed by atoms with E-state index < -0.39 is 0 Å². The van der Waals surface area contributed by atoms with Crippen molar-refractivity contribution in [2.45, 2.75) is 19.8 Å². The Hall–Kier alpha value is -1.55. The van der Waals surface area contributed by atoms with Gasteiger partial charge in [-0.05, 0) is 39.1 Å². The van der Waals surface area contributed by atoms with E-state index >= 15 is 0 Å². The van der Waals surface area contributed by atoms with Crippen LogP contribution in [0.2, 0.25) is 0 Å². The van der Waals surface area contributed by atoms with Crippen LogP contribution >= 0.6 is 0 Å². The lowest BCUT2D eigenvalue weighted by atomic mass is 10.2. The summed E-state index contributed by atoms with van der Waals surface area (Å²) in [4.78, 5) is 13.7. The predicted octanol–water partition coefficient (Wildman–Crippen LogP) is 1.74. The molecule has 1 aromatic carbocycles. The molecule has 1 amide bonds. The van der Waals surface area contributed by atoms with Crippen LogP contribution in [0.3, 0.4) is 0 Å². The normalized spacial score (nSPS) is 10.2. The maximum Gasteiger partial charge on any atom is 0.227 e. The number of amides is 1. The summed E-state index contributed by atoms with van der Waals surface area (Å²) in [5.41, 5.74) is 0.752. The van der Waals surface area contributed by atoms with E-state index in [-0.39, 0.29) is 11.7 Å². The summed E-state index contributed by atoms with van der Waals surface area (Å²) < 4.78 is 0. The Morgan fingerprint density at radius 3 is 2.82 bits per heavy atom. The van der Waals surface area contributed by atoms with Gasteiger partial charge in [-0.15, -0.1) is 0 Å². The SMILES string of the molecule is CCN(C(=O)CCCNC)c1cccc(O)c1. The van der Waals surface area contributed by atoms with Gasteiger partial charge in [0.25, 0.3) is 0 Å². The predicted molar refractivity (Wildman–Crippen MR) is 69.3 cm³/mol. The Kier molecular flexibility index (Phi) is 5.49. The van der Waals surface area contributed by atoms with Crippen LogP contribution < -0.4 is 10.2 Å². The first-order chi connectivity index (χ1) is 8.19. The van der Waals surface area contributed by atoms with Crippen LogP contribution in [-0.2, 0) is 4.79 Å². The third-order valence-electron chi connectivity index (χ3n) is 2.58. The van der Waals surface area contributed by atoms with E-state index in [1.165, 1.54) is 0 Å². The van der Waals surface area contributed by atoms with Crippen molar-refractivity contribution in [2.75, 3.05) is 25.0 Å². The molecule has 0 aromatic heterocycles. The molecule has 0 spiro atoms. The molecule has 4 nitrogen and oxygen atoms in total. The van der Waals surface area contributed by atoms with Crippen molar-refractivity contribution in [1.82, 2.24) is 5.32 Å². The molecule has 0 bridgehead atoms. The van der Waals surface area contributed by atoms with Gasteiger partial charge < -0.3 is 15.3 Å². The first kappa shape index (κ1) is 13.5. The number of phenolic OH excluding ortho intramolecular Hbond substituents is 1. The van der Waals surface area contributed by atoms with E-state index in [4.69, 9.17) is 0 Å². The van der Waals surface area contributed by atoms with Gasteiger partial charge in [0.05, 0.1) is 0 Å². The maximum absolute atomic E-state index is 12.0. The molecule has 4 heteroatoms. The van der Waals surface area contributed by atoms with Gasteiger partial charge in [-0.25, -0.2) is 0 Å². The Morgan fingerprint density at radius 1 is 1.47 bits per heavy atom. The molecule has 0 saturated heterocycles. The van der Waals surface area contributed by atoms with Gasteiger partial charge >= 0.3 is 0 Å². The van der Waals surface area contributed by atoms with E-state index in [0.717, 1.165) is 18.7 Å². The zero-order valence-electron chi connectivity index (χ0n) is 10.4. The molecular weight excluding hydrogens is 216 g/mol. The van der Waals surface area contributed by atoms with Gasteiger partial charge in [0.2, 0.25) is 5.91 Å². The lowest BCUT2D eigenvalue weighted by Crippen LogP contribution is -2.30. The smallest absolute Gasteiger partial charge is 0.227 e. The second kappa shape index (κ2) is 6.91. The number of carbonyl (C=O) groups excluding carboxylic acids is 1. The molecule has 0 aliphatic rings. The van der Waals surface area contributed by atoms with Gasteiger partial charge in [-0.3, -0.25) is 4.79 Å². The van der Waals surface area contributed by atoms with E-state index in [9.17, 15) is 9.90 Å². The number of carbonyl (C=O) groups is 1. The van der Waals surface area contributed by atoms with Crippen molar-refractivity contribution < 1.29 is 9.90 Å². The second-order valence-corrected chi connectivity index (χ2v) is 3.86. The molecule has 0 aliphatic heterocycles. The minimum Gasteiger partial charge on any atom is -0.508 e. The number of anilines is 1. The Balaban J connectivity index is 2.67. The molecule has 0 atom stereocenters. The average Bonchev–Trinajstić information content (AvgIpc) is 2.30. The number of phenols is 1. The largest absolute Gasteiger partial charge is 0.508 e. The molecule has 0 saturated carbocycles. The molecule has 17 heavy (non-hydrogen) atoms. The van der Waals surface area contributed by atoms with Crippen LogP contribution in [0.4, 0.5) is 5.69 Å². The number of nitrogens with zero attached hydrogens (tertiary/aromatic N) is 1. The molecule has 0 aliphatic carbocycles. The number of hydrogen-bond acceptors (Lipinski definition) is 3. The third kappa shape index (κ3) is 4.07. The van der Waals surface area contributed by atoms with Gasteiger partial charge in [-0.1, -0.05) is 6.07 Å². The molecule has 94 valence electrons. The zero-order chi connectivity index (χ0) is 12.7. The highest BCUT2D eigenvalue weighted by atomic mass is 16.3. The van der Waals surface area contributed by atoms with Gasteiger partial charge in [-0.2, -0.15) is 0 Å². The van der Waals surface area contributed by atoms with Crippen molar-refractivity contribution >= 4 is 11.6 Å². The van der Waals surface area contributed by atoms with Gasteiger partial charge in [0.15, 0.2) is 0 Å². The Bertz CT molecular complexity index is 366. The molecule has 0 unspecified atom stereocenters. The van der Waals surface area contributed by atoms with Gasteiger partial charge in [0.1, 0.15) is 5.75 Å². The van der Waals surface area contributed by atoms with Crippen molar-refractivity contribution in [3.05, 3.63) is 24.3 Å². The summed E-state index contributed by atoms with van der Waals surface area (Å²) in [5, 5.41) is 12.4. The summed E-state index contributed by atoms with van der Waals surface area (Å²) in [5.74, 6) is 0.275. The van der Waals surface area contributed by atoms with Crippen LogP contribution in [0, 0.1) is 0 Å². The molecule has 2 N–H and O–H groups in total. The number of rotatable bonds is 6. The van der Waals surface area contributed by atoms with Crippen molar-refractivity contribution in [2.24, 2.45) is 0 Å². The highest BCUT2D eigenvalue weighted by Crippen LogP contribution is 2.20. The lowest BCUT2D eigenvalue weighted by Gasteiger charge is -2.21. The quantitative estimate of drug-likeness (QED) is 0.740. The summed E-state index contributed by atoms with van der Waals surface area (Å²) >= 11 is 0. The van der Waals surface area contributed by atoms with Crippen LogP contribution in [0.25, 0.3) is 0 Å². The monoisotopic (exact) mass is 236 g/mol. The van der Waals surface area contributed by atoms with Crippen molar-refractivity contribution in [3.8, 4) is 5.75 Å².